The second-order valence-corrected chi connectivity index (χ2v) is 8.43. The molecular weight excluding hydrogens is 448 g/mol. The van der Waals surface area contributed by atoms with Crippen LogP contribution in [0.1, 0.15) is 25.3 Å². The van der Waals surface area contributed by atoms with Gasteiger partial charge in [-0.2, -0.15) is 0 Å². The van der Waals surface area contributed by atoms with Gasteiger partial charge in [0.05, 0.1) is 5.69 Å². The van der Waals surface area contributed by atoms with E-state index in [9.17, 15) is 4.79 Å². The third kappa shape index (κ3) is 5.31. The number of carbonyl (C=O) groups is 1. The van der Waals surface area contributed by atoms with E-state index in [4.69, 9.17) is 16.3 Å². The molecule has 0 saturated heterocycles. The van der Waals surface area contributed by atoms with Crippen LogP contribution in [-0.2, 0) is 4.79 Å². The summed E-state index contributed by atoms with van der Waals surface area (Å²) in [5.74, 6) is 0.760. The number of nitrogens with zero attached hydrogens (tertiary/aromatic N) is 1. The van der Waals surface area contributed by atoms with Crippen molar-refractivity contribution in [3.05, 3.63) is 62.9 Å². The SMILES string of the molecule is CC(C)c1cc(Br)ccc1OCC(=O)Nc1nc(-c2ccc(Cl)cc2)cs1. The average molecular weight is 466 g/mol. The van der Waals surface area contributed by atoms with E-state index in [1.54, 1.807) is 0 Å². The molecule has 1 aromatic heterocycles. The number of amides is 1. The fourth-order valence-electron chi connectivity index (χ4n) is 2.48. The van der Waals surface area contributed by atoms with Crippen molar-refractivity contribution in [2.45, 2.75) is 19.8 Å². The smallest absolute Gasteiger partial charge is 0.264 e. The Balaban J connectivity index is 1.61. The normalized spacial score (nSPS) is 10.9. The molecule has 7 heteroatoms. The molecule has 140 valence electrons. The molecule has 0 radical (unpaired) electrons. The maximum absolute atomic E-state index is 12.2. The van der Waals surface area contributed by atoms with Crippen LogP contribution in [0, 0.1) is 0 Å². The second-order valence-electron chi connectivity index (χ2n) is 6.22. The summed E-state index contributed by atoms with van der Waals surface area (Å²) in [6, 6.07) is 13.2. The van der Waals surface area contributed by atoms with Gasteiger partial charge in [-0.25, -0.2) is 4.98 Å². The van der Waals surface area contributed by atoms with Crippen molar-refractivity contribution in [2.24, 2.45) is 0 Å². The second kappa shape index (κ2) is 8.87. The number of hydrogen-bond donors (Lipinski definition) is 1. The van der Waals surface area contributed by atoms with Crippen LogP contribution in [0.25, 0.3) is 11.3 Å². The predicted octanol–water partition coefficient (Wildman–Crippen LogP) is 6.37. The van der Waals surface area contributed by atoms with E-state index in [1.165, 1.54) is 11.3 Å². The number of halogens is 2. The maximum atomic E-state index is 12.2. The van der Waals surface area contributed by atoms with Gasteiger partial charge in [0.15, 0.2) is 11.7 Å². The Morgan fingerprint density at radius 2 is 2.00 bits per heavy atom. The van der Waals surface area contributed by atoms with Crippen molar-refractivity contribution in [1.82, 2.24) is 4.98 Å². The van der Waals surface area contributed by atoms with Crippen molar-refractivity contribution >= 4 is 49.9 Å². The minimum Gasteiger partial charge on any atom is -0.483 e. The number of carbonyl (C=O) groups excluding carboxylic acids is 1. The number of hydrogen-bond acceptors (Lipinski definition) is 4. The van der Waals surface area contributed by atoms with E-state index < -0.39 is 0 Å². The fraction of sp³-hybridized carbons (Fsp3) is 0.200. The van der Waals surface area contributed by atoms with E-state index in [2.05, 4.69) is 40.1 Å². The Morgan fingerprint density at radius 1 is 1.26 bits per heavy atom. The van der Waals surface area contributed by atoms with Crippen LogP contribution in [-0.4, -0.2) is 17.5 Å². The van der Waals surface area contributed by atoms with E-state index in [0.717, 1.165) is 21.3 Å². The molecule has 2 aromatic carbocycles. The van der Waals surface area contributed by atoms with Crippen molar-refractivity contribution in [1.29, 1.82) is 0 Å². The molecule has 4 nitrogen and oxygen atoms in total. The first-order chi connectivity index (χ1) is 12.9. The number of aromatic nitrogens is 1. The lowest BCUT2D eigenvalue weighted by Gasteiger charge is -2.14. The molecular formula is C20H18BrClN2O2S. The highest BCUT2D eigenvalue weighted by atomic mass is 79.9. The summed E-state index contributed by atoms with van der Waals surface area (Å²) >= 11 is 10.7. The van der Waals surface area contributed by atoms with E-state index >= 15 is 0 Å². The molecule has 0 aliphatic carbocycles. The van der Waals surface area contributed by atoms with E-state index in [0.29, 0.717) is 21.8 Å². The Morgan fingerprint density at radius 3 is 2.70 bits per heavy atom. The van der Waals surface area contributed by atoms with Crippen LogP contribution in [0.2, 0.25) is 5.02 Å². The topological polar surface area (TPSA) is 51.2 Å². The Labute approximate surface area is 175 Å². The molecule has 0 spiro atoms. The highest BCUT2D eigenvalue weighted by Crippen LogP contribution is 2.30. The van der Waals surface area contributed by atoms with Gasteiger partial charge in [-0.1, -0.05) is 53.5 Å². The summed E-state index contributed by atoms with van der Waals surface area (Å²) < 4.78 is 6.71. The summed E-state index contributed by atoms with van der Waals surface area (Å²) in [4.78, 5) is 16.7. The zero-order valence-corrected chi connectivity index (χ0v) is 18.0. The molecule has 0 bridgehead atoms. The first kappa shape index (κ1) is 19.9. The fourth-order valence-corrected chi connectivity index (χ4v) is 3.73. The van der Waals surface area contributed by atoms with Crippen LogP contribution in [0.4, 0.5) is 5.13 Å². The largest absolute Gasteiger partial charge is 0.483 e. The minimum absolute atomic E-state index is 0.0722. The Hall–Kier alpha value is -1.89. The molecule has 0 fully saturated rings. The van der Waals surface area contributed by atoms with Crippen LogP contribution in [0.5, 0.6) is 5.75 Å². The predicted molar refractivity (Wildman–Crippen MR) is 115 cm³/mol. The molecule has 0 atom stereocenters. The first-order valence-electron chi connectivity index (χ1n) is 8.36. The highest BCUT2D eigenvalue weighted by molar-refractivity contribution is 9.10. The lowest BCUT2D eigenvalue weighted by molar-refractivity contribution is -0.118. The number of anilines is 1. The van der Waals surface area contributed by atoms with Crippen LogP contribution in [0.15, 0.2) is 52.3 Å². The van der Waals surface area contributed by atoms with Crippen molar-refractivity contribution < 1.29 is 9.53 Å². The number of thiazole rings is 1. The van der Waals surface area contributed by atoms with Gasteiger partial charge >= 0.3 is 0 Å². The summed E-state index contributed by atoms with van der Waals surface area (Å²) in [5, 5.41) is 5.89. The molecule has 1 heterocycles. The van der Waals surface area contributed by atoms with Gasteiger partial charge < -0.3 is 4.74 Å². The molecule has 0 saturated carbocycles. The average Bonchev–Trinajstić information content (AvgIpc) is 3.09. The van der Waals surface area contributed by atoms with Crippen LogP contribution >= 0.6 is 38.9 Å². The lowest BCUT2D eigenvalue weighted by Crippen LogP contribution is -2.20. The van der Waals surface area contributed by atoms with Gasteiger partial charge in [-0.05, 0) is 41.8 Å². The summed E-state index contributed by atoms with van der Waals surface area (Å²) in [6.45, 7) is 4.10. The van der Waals surface area contributed by atoms with Gasteiger partial charge in [0.1, 0.15) is 5.75 Å². The number of nitrogens with one attached hydrogen (secondary N) is 1. The summed E-state index contributed by atoms with van der Waals surface area (Å²) in [7, 11) is 0. The Bertz CT molecular complexity index is 941. The molecule has 1 N–H and O–H groups in total. The number of ether oxygens (including phenoxy) is 1. The highest BCUT2D eigenvalue weighted by Gasteiger charge is 2.12. The summed E-state index contributed by atoms with van der Waals surface area (Å²) in [6.07, 6.45) is 0. The third-order valence-electron chi connectivity index (χ3n) is 3.84. The van der Waals surface area contributed by atoms with E-state index in [-0.39, 0.29) is 12.5 Å². The van der Waals surface area contributed by atoms with Crippen LogP contribution in [0.3, 0.4) is 0 Å². The maximum Gasteiger partial charge on any atom is 0.264 e. The Kier molecular flexibility index (Phi) is 6.52. The molecule has 27 heavy (non-hydrogen) atoms. The van der Waals surface area contributed by atoms with Crippen LogP contribution < -0.4 is 10.1 Å². The van der Waals surface area contributed by atoms with Gasteiger partial charge in [0, 0.05) is 20.4 Å². The molecule has 0 unspecified atom stereocenters. The molecule has 0 aliphatic heterocycles. The first-order valence-corrected chi connectivity index (χ1v) is 10.4. The number of rotatable bonds is 6. The molecule has 3 rings (SSSR count). The minimum atomic E-state index is -0.246. The summed E-state index contributed by atoms with van der Waals surface area (Å²) in [5.41, 5.74) is 2.79. The van der Waals surface area contributed by atoms with Gasteiger partial charge in [0.25, 0.3) is 5.91 Å². The van der Waals surface area contributed by atoms with Crippen molar-refractivity contribution in [3.63, 3.8) is 0 Å². The lowest BCUT2D eigenvalue weighted by atomic mass is 10.0. The zero-order valence-electron chi connectivity index (χ0n) is 14.8. The van der Waals surface area contributed by atoms with Gasteiger partial charge in [-0.15, -0.1) is 11.3 Å². The standard InChI is InChI=1S/C20H18BrClN2O2S/c1-12(2)16-9-14(21)5-8-18(16)26-10-19(25)24-20-23-17(11-27-20)13-3-6-15(22)7-4-13/h3-9,11-12H,10H2,1-2H3,(H,23,24,25). The van der Waals surface area contributed by atoms with Crippen molar-refractivity contribution in [2.75, 3.05) is 11.9 Å². The van der Waals surface area contributed by atoms with Gasteiger partial charge in [0.2, 0.25) is 0 Å². The molecule has 0 aliphatic rings. The molecule has 1 amide bonds. The third-order valence-corrected chi connectivity index (χ3v) is 5.35. The monoisotopic (exact) mass is 464 g/mol. The number of benzene rings is 2. The molecule has 3 aromatic rings. The quantitative estimate of drug-likeness (QED) is 0.460. The zero-order chi connectivity index (χ0) is 19.4. The van der Waals surface area contributed by atoms with Gasteiger partial charge in [-0.3, -0.25) is 10.1 Å². The van der Waals surface area contributed by atoms with Crippen molar-refractivity contribution in [3.8, 4) is 17.0 Å². The van der Waals surface area contributed by atoms with E-state index in [1.807, 2.05) is 47.8 Å².